The van der Waals surface area contributed by atoms with Crippen LogP contribution in [0.1, 0.15) is 52.3 Å². The van der Waals surface area contributed by atoms with E-state index in [9.17, 15) is 5.11 Å². The second kappa shape index (κ2) is 6.08. The highest BCUT2D eigenvalue weighted by Crippen LogP contribution is 2.26. The van der Waals surface area contributed by atoms with Gasteiger partial charge in [-0.1, -0.05) is 34.6 Å². The Balaban J connectivity index is 3.02. The summed E-state index contributed by atoms with van der Waals surface area (Å²) in [6, 6.07) is 0. The van der Waals surface area contributed by atoms with Crippen LogP contribution in [0.4, 0.5) is 0 Å². The fourth-order valence-corrected chi connectivity index (χ4v) is 2.07. The van der Waals surface area contributed by atoms with Gasteiger partial charge in [0.15, 0.2) is 0 Å². The van der Waals surface area contributed by atoms with Gasteiger partial charge >= 0.3 is 0 Å². The number of aryl methyl sites for hydroxylation is 1. The summed E-state index contributed by atoms with van der Waals surface area (Å²) in [6.45, 7) is 11.6. The summed E-state index contributed by atoms with van der Waals surface area (Å²) < 4.78 is 1.76. The Kier molecular flexibility index (Phi) is 5.03. The molecule has 0 unspecified atom stereocenters. The predicted molar refractivity (Wildman–Crippen MR) is 71.3 cm³/mol. The Hall–Kier alpha value is -0.990. The van der Waals surface area contributed by atoms with Crippen LogP contribution in [0.15, 0.2) is 0 Å². The molecular weight excluding hydrogens is 212 g/mol. The van der Waals surface area contributed by atoms with Crippen molar-refractivity contribution in [3.05, 3.63) is 11.3 Å². The molecular formula is C14H26N2O. The fraction of sp³-hybridized carbons (Fsp3) is 0.786. The van der Waals surface area contributed by atoms with Gasteiger partial charge in [0, 0.05) is 12.1 Å². The van der Waals surface area contributed by atoms with E-state index in [4.69, 9.17) is 0 Å². The molecule has 1 aromatic heterocycles. The molecule has 1 heterocycles. The molecule has 0 atom stereocenters. The summed E-state index contributed by atoms with van der Waals surface area (Å²) in [5, 5.41) is 14.8. The van der Waals surface area contributed by atoms with E-state index in [0.29, 0.717) is 17.7 Å². The Morgan fingerprint density at radius 1 is 1.12 bits per heavy atom. The standard InChI is InChI=1S/C14H26N2O/c1-6-7-16-14(17)12(8-10(2)3)13(15-16)9-11(4)5/h10-11,17H,6-9H2,1-5H3. The second-order valence-corrected chi connectivity index (χ2v) is 5.67. The lowest BCUT2D eigenvalue weighted by Gasteiger charge is -2.07. The maximum Gasteiger partial charge on any atom is 0.212 e. The van der Waals surface area contributed by atoms with Crippen molar-refractivity contribution in [1.29, 1.82) is 0 Å². The first kappa shape index (κ1) is 14.1. The van der Waals surface area contributed by atoms with Gasteiger partial charge in [-0.2, -0.15) is 5.10 Å². The largest absolute Gasteiger partial charge is 0.493 e. The molecule has 0 radical (unpaired) electrons. The van der Waals surface area contributed by atoms with Crippen LogP contribution >= 0.6 is 0 Å². The lowest BCUT2D eigenvalue weighted by atomic mass is 9.98. The highest BCUT2D eigenvalue weighted by molar-refractivity contribution is 5.31. The molecule has 0 saturated carbocycles. The minimum Gasteiger partial charge on any atom is -0.493 e. The lowest BCUT2D eigenvalue weighted by molar-refractivity contribution is 0.390. The van der Waals surface area contributed by atoms with Gasteiger partial charge in [0.25, 0.3) is 0 Å². The third kappa shape index (κ3) is 3.76. The van der Waals surface area contributed by atoms with E-state index < -0.39 is 0 Å². The van der Waals surface area contributed by atoms with Crippen molar-refractivity contribution in [2.45, 2.75) is 60.4 Å². The summed E-state index contributed by atoms with van der Waals surface area (Å²) in [4.78, 5) is 0. The lowest BCUT2D eigenvalue weighted by Crippen LogP contribution is -2.02. The Morgan fingerprint density at radius 3 is 2.18 bits per heavy atom. The number of aromatic hydroxyl groups is 1. The summed E-state index contributed by atoms with van der Waals surface area (Å²) >= 11 is 0. The van der Waals surface area contributed by atoms with Crippen molar-refractivity contribution in [3.8, 4) is 5.88 Å². The molecule has 0 bridgehead atoms. The van der Waals surface area contributed by atoms with Crippen LogP contribution in [0.25, 0.3) is 0 Å². The number of rotatable bonds is 6. The average molecular weight is 238 g/mol. The van der Waals surface area contributed by atoms with Crippen LogP contribution in [0, 0.1) is 11.8 Å². The maximum absolute atomic E-state index is 10.2. The van der Waals surface area contributed by atoms with E-state index in [0.717, 1.165) is 37.1 Å². The van der Waals surface area contributed by atoms with Crippen LogP contribution in [0.5, 0.6) is 5.88 Å². The third-order valence-corrected chi connectivity index (χ3v) is 2.75. The SMILES string of the molecule is CCCn1nc(CC(C)C)c(CC(C)C)c1O. The van der Waals surface area contributed by atoms with Crippen LogP contribution in [-0.2, 0) is 19.4 Å². The van der Waals surface area contributed by atoms with Gasteiger partial charge in [0.1, 0.15) is 0 Å². The third-order valence-electron chi connectivity index (χ3n) is 2.75. The average Bonchev–Trinajstić information content (AvgIpc) is 2.46. The molecule has 0 fully saturated rings. The molecule has 3 nitrogen and oxygen atoms in total. The van der Waals surface area contributed by atoms with Gasteiger partial charge in [-0.15, -0.1) is 0 Å². The van der Waals surface area contributed by atoms with E-state index in [1.807, 2.05) is 0 Å². The molecule has 0 aliphatic rings. The van der Waals surface area contributed by atoms with Gasteiger partial charge in [0.2, 0.25) is 5.88 Å². The van der Waals surface area contributed by atoms with E-state index >= 15 is 0 Å². The number of aromatic nitrogens is 2. The zero-order valence-electron chi connectivity index (χ0n) is 11.8. The van der Waals surface area contributed by atoms with Gasteiger partial charge in [-0.3, -0.25) is 0 Å². The van der Waals surface area contributed by atoms with Crippen LogP contribution in [0.3, 0.4) is 0 Å². The Labute approximate surface area is 105 Å². The van der Waals surface area contributed by atoms with Gasteiger partial charge in [0.05, 0.1) is 5.69 Å². The Morgan fingerprint density at radius 2 is 1.71 bits per heavy atom. The smallest absolute Gasteiger partial charge is 0.212 e. The maximum atomic E-state index is 10.2. The first-order chi connectivity index (χ1) is 7.95. The monoisotopic (exact) mass is 238 g/mol. The molecule has 0 aliphatic heterocycles. The number of nitrogens with zero attached hydrogens (tertiary/aromatic N) is 2. The van der Waals surface area contributed by atoms with Crippen molar-refractivity contribution < 1.29 is 5.11 Å². The first-order valence-electron chi connectivity index (χ1n) is 6.73. The number of hydrogen-bond donors (Lipinski definition) is 1. The van der Waals surface area contributed by atoms with E-state index in [2.05, 4.69) is 39.7 Å². The molecule has 0 spiro atoms. The van der Waals surface area contributed by atoms with E-state index in [1.54, 1.807) is 4.68 Å². The van der Waals surface area contributed by atoms with Crippen molar-refractivity contribution in [1.82, 2.24) is 9.78 Å². The summed E-state index contributed by atoms with van der Waals surface area (Å²) in [5.74, 6) is 1.51. The second-order valence-electron chi connectivity index (χ2n) is 5.67. The topological polar surface area (TPSA) is 38.0 Å². The zero-order valence-corrected chi connectivity index (χ0v) is 11.8. The van der Waals surface area contributed by atoms with Crippen LogP contribution in [-0.4, -0.2) is 14.9 Å². The van der Waals surface area contributed by atoms with Crippen molar-refractivity contribution in [2.24, 2.45) is 11.8 Å². The predicted octanol–water partition coefficient (Wildman–Crippen LogP) is 3.40. The van der Waals surface area contributed by atoms with Crippen LogP contribution < -0.4 is 0 Å². The minimum atomic E-state index is 0.385. The molecule has 0 amide bonds. The summed E-state index contributed by atoms with van der Waals surface area (Å²) in [7, 11) is 0. The van der Waals surface area contributed by atoms with Gasteiger partial charge < -0.3 is 5.11 Å². The Bertz CT molecular complexity index is 353. The van der Waals surface area contributed by atoms with Crippen molar-refractivity contribution in [2.75, 3.05) is 0 Å². The first-order valence-corrected chi connectivity index (χ1v) is 6.73. The molecule has 0 aromatic carbocycles. The highest BCUT2D eigenvalue weighted by atomic mass is 16.3. The quantitative estimate of drug-likeness (QED) is 0.825. The number of hydrogen-bond acceptors (Lipinski definition) is 2. The van der Waals surface area contributed by atoms with Crippen molar-refractivity contribution in [3.63, 3.8) is 0 Å². The molecule has 0 aliphatic carbocycles. The molecule has 17 heavy (non-hydrogen) atoms. The molecule has 3 heteroatoms. The molecule has 1 N–H and O–H groups in total. The van der Waals surface area contributed by atoms with Crippen LogP contribution in [0.2, 0.25) is 0 Å². The molecule has 1 aromatic rings. The zero-order chi connectivity index (χ0) is 13.0. The van der Waals surface area contributed by atoms with E-state index in [-0.39, 0.29) is 0 Å². The van der Waals surface area contributed by atoms with Gasteiger partial charge in [-0.05, 0) is 31.1 Å². The highest BCUT2D eigenvalue weighted by Gasteiger charge is 2.18. The summed E-state index contributed by atoms with van der Waals surface area (Å²) in [5.41, 5.74) is 2.14. The molecule has 98 valence electrons. The van der Waals surface area contributed by atoms with Crippen molar-refractivity contribution >= 4 is 0 Å². The normalized spacial score (nSPS) is 11.7. The van der Waals surface area contributed by atoms with E-state index in [1.165, 1.54) is 0 Å². The summed E-state index contributed by atoms with van der Waals surface area (Å²) in [6.07, 6.45) is 2.86. The van der Waals surface area contributed by atoms with Gasteiger partial charge in [-0.25, -0.2) is 4.68 Å². The fourth-order valence-electron chi connectivity index (χ4n) is 2.07. The molecule has 1 rings (SSSR count). The molecule has 0 saturated heterocycles. The minimum absolute atomic E-state index is 0.385.